The number of halogens is 1. The third-order valence-electron chi connectivity index (χ3n) is 4.93. The highest BCUT2D eigenvalue weighted by molar-refractivity contribution is 5.92. The molecule has 0 radical (unpaired) electrons. The number of benzene rings is 2. The Bertz CT molecular complexity index is 1430. The number of hydrogen-bond acceptors (Lipinski definition) is 7. The van der Waals surface area contributed by atoms with E-state index in [-0.39, 0.29) is 18.2 Å². The number of nitrogens with one attached hydrogen (secondary N) is 1. The van der Waals surface area contributed by atoms with Crippen molar-refractivity contribution < 1.29 is 18.3 Å². The number of aldehydes is 1. The summed E-state index contributed by atoms with van der Waals surface area (Å²) >= 11 is 0. The molecule has 0 aliphatic rings. The van der Waals surface area contributed by atoms with E-state index in [0.717, 1.165) is 16.6 Å². The van der Waals surface area contributed by atoms with E-state index in [4.69, 9.17) is 9.15 Å². The predicted molar refractivity (Wildman–Crippen MR) is 121 cm³/mol. The van der Waals surface area contributed by atoms with E-state index in [1.54, 1.807) is 24.4 Å². The third kappa shape index (κ3) is 4.54. The van der Waals surface area contributed by atoms with Gasteiger partial charge in [0.2, 0.25) is 0 Å². The van der Waals surface area contributed by atoms with Crippen LogP contribution in [0.5, 0.6) is 5.75 Å². The largest absolute Gasteiger partial charge is 0.489 e. The van der Waals surface area contributed by atoms with Crippen LogP contribution in [0.1, 0.15) is 16.1 Å². The Balaban J connectivity index is 1.35. The Kier molecular flexibility index (Phi) is 5.47. The topological polar surface area (TPSA) is 90.1 Å². The first kappa shape index (κ1) is 20.3. The van der Waals surface area contributed by atoms with Crippen LogP contribution in [-0.2, 0) is 6.61 Å². The van der Waals surface area contributed by atoms with Crippen molar-refractivity contribution in [3.63, 3.8) is 0 Å². The lowest BCUT2D eigenvalue weighted by atomic mass is 10.2. The lowest BCUT2D eigenvalue weighted by molar-refractivity contribution is 0.110. The summed E-state index contributed by atoms with van der Waals surface area (Å²) in [4.78, 5) is 23.9. The Hall–Kier alpha value is -4.59. The zero-order valence-electron chi connectivity index (χ0n) is 17.2. The third-order valence-corrected chi connectivity index (χ3v) is 4.93. The van der Waals surface area contributed by atoms with E-state index in [1.807, 2.05) is 36.4 Å². The van der Waals surface area contributed by atoms with Crippen LogP contribution in [0.2, 0.25) is 0 Å². The van der Waals surface area contributed by atoms with Gasteiger partial charge in [-0.15, -0.1) is 0 Å². The van der Waals surface area contributed by atoms with Crippen LogP contribution in [0, 0.1) is 5.82 Å². The smallest absolute Gasteiger partial charge is 0.185 e. The molecular formula is C25H17FN4O3. The molecule has 162 valence electrons. The van der Waals surface area contributed by atoms with Crippen LogP contribution in [0.4, 0.5) is 15.9 Å². The number of anilines is 2. The summed E-state index contributed by atoms with van der Waals surface area (Å²) in [5.74, 6) is 1.68. The van der Waals surface area contributed by atoms with Gasteiger partial charge in [0.05, 0.1) is 11.7 Å². The van der Waals surface area contributed by atoms with E-state index in [9.17, 15) is 9.18 Å². The molecule has 0 amide bonds. The van der Waals surface area contributed by atoms with Gasteiger partial charge in [0, 0.05) is 11.1 Å². The van der Waals surface area contributed by atoms with Gasteiger partial charge in [0.15, 0.2) is 17.8 Å². The Morgan fingerprint density at radius 3 is 2.67 bits per heavy atom. The van der Waals surface area contributed by atoms with Crippen LogP contribution < -0.4 is 10.1 Å². The van der Waals surface area contributed by atoms with E-state index in [1.165, 1.54) is 18.5 Å². The zero-order chi connectivity index (χ0) is 22.6. The van der Waals surface area contributed by atoms with Gasteiger partial charge in [-0.2, -0.15) is 0 Å². The van der Waals surface area contributed by atoms with E-state index >= 15 is 0 Å². The molecule has 0 saturated heterocycles. The second kappa shape index (κ2) is 8.88. The highest BCUT2D eigenvalue weighted by atomic mass is 19.1. The zero-order valence-corrected chi connectivity index (χ0v) is 17.2. The van der Waals surface area contributed by atoms with E-state index < -0.39 is 0 Å². The van der Waals surface area contributed by atoms with Gasteiger partial charge in [-0.05, 0) is 60.2 Å². The van der Waals surface area contributed by atoms with Crippen molar-refractivity contribution in [1.82, 2.24) is 15.0 Å². The molecule has 0 fully saturated rings. The minimum Gasteiger partial charge on any atom is -0.489 e. The van der Waals surface area contributed by atoms with Crippen LogP contribution in [0.15, 0.2) is 83.7 Å². The van der Waals surface area contributed by atoms with Crippen molar-refractivity contribution in [2.75, 3.05) is 5.32 Å². The lowest BCUT2D eigenvalue weighted by Gasteiger charge is -2.10. The summed E-state index contributed by atoms with van der Waals surface area (Å²) in [5, 5.41) is 4.03. The van der Waals surface area contributed by atoms with Gasteiger partial charge >= 0.3 is 0 Å². The maximum Gasteiger partial charge on any atom is 0.185 e. The summed E-state index contributed by atoms with van der Waals surface area (Å²) in [6, 6.07) is 18.8. The van der Waals surface area contributed by atoms with Crippen molar-refractivity contribution >= 4 is 28.7 Å². The average molecular weight is 440 g/mol. The van der Waals surface area contributed by atoms with Crippen LogP contribution in [0.3, 0.4) is 0 Å². The van der Waals surface area contributed by atoms with Crippen molar-refractivity contribution in [2.45, 2.75) is 6.61 Å². The molecule has 2 aromatic carbocycles. The number of rotatable bonds is 7. The number of nitrogens with zero attached hydrogens (tertiary/aromatic N) is 3. The summed E-state index contributed by atoms with van der Waals surface area (Å²) in [5.41, 5.74) is 2.78. The van der Waals surface area contributed by atoms with Gasteiger partial charge < -0.3 is 14.5 Å². The molecule has 0 spiro atoms. The normalized spacial score (nSPS) is 10.8. The molecule has 5 aromatic rings. The number of pyridine rings is 1. The minimum absolute atomic E-state index is 0.231. The van der Waals surface area contributed by atoms with Gasteiger partial charge in [0.1, 0.15) is 36.0 Å². The maximum absolute atomic E-state index is 13.3. The van der Waals surface area contributed by atoms with Crippen molar-refractivity contribution in [3.8, 4) is 17.2 Å². The van der Waals surface area contributed by atoms with Gasteiger partial charge in [-0.3, -0.25) is 9.78 Å². The molecule has 0 aliphatic carbocycles. The first-order valence-corrected chi connectivity index (χ1v) is 10.1. The quantitative estimate of drug-likeness (QED) is 0.331. The fourth-order valence-electron chi connectivity index (χ4n) is 3.31. The fraction of sp³-hybridized carbons (Fsp3) is 0.0400. The molecule has 33 heavy (non-hydrogen) atoms. The number of hydrogen-bond donors (Lipinski definition) is 1. The summed E-state index contributed by atoms with van der Waals surface area (Å²) in [7, 11) is 0. The average Bonchev–Trinajstić information content (AvgIpc) is 3.33. The highest BCUT2D eigenvalue weighted by Crippen LogP contribution is 2.28. The molecular weight excluding hydrogens is 423 g/mol. The maximum atomic E-state index is 13.3. The number of fused-ring (bicyclic) bond motifs is 1. The first-order valence-electron chi connectivity index (χ1n) is 10.1. The minimum atomic E-state index is -0.290. The van der Waals surface area contributed by atoms with Crippen LogP contribution in [-0.4, -0.2) is 21.2 Å². The molecule has 1 N–H and O–H groups in total. The lowest BCUT2D eigenvalue weighted by Crippen LogP contribution is -1.98. The van der Waals surface area contributed by atoms with Gasteiger partial charge in [-0.25, -0.2) is 14.4 Å². The monoisotopic (exact) mass is 440 g/mol. The molecule has 5 rings (SSSR count). The van der Waals surface area contributed by atoms with Gasteiger partial charge in [0.25, 0.3) is 0 Å². The van der Waals surface area contributed by atoms with Crippen LogP contribution >= 0.6 is 0 Å². The highest BCUT2D eigenvalue weighted by Gasteiger charge is 2.11. The summed E-state index contributed by atoms with van der Waals surface area (Å²) < 4.78 is 24.5. The summed E-state index contributed by atoms with van der Waals surface area (Å²) in [6.45, 7) is 0.273. The molecule has 0 bridgehead atoms. The van der Waals surface area contributed by atoms with Crippen molar-refractivity contribution in [3.05, 3.63) is 96.4 Å². The number of ether oxygens (including phenoxy) is 1. The molecule has 0 atom stereocenters. The second-order valence-electron chi connectivity index (χ2n) is 7.20. The standard InChI is InChI=1S/C25H17FN4O3/c26-17-3-1-2-16(10-17)14-32-19-6-4-18(5-7-19)30-25-21-11-22(24-9-8-20(13-31)33-24)27-12-23(21)28-15-29-25/h1-13,15H,14H2,(H,28,29,30). The molecule has 3 aromatic heterocycles. The summed E-state index contributed by atoms with van der Waals surface area (Å²) in [6.07, 6.45) is 3.73. The second-order valence-corrected chi connectivity index (χ2v) is 7.20. The Morgan fingerprint density at radius 2 is 1.88 bits per heavy atom. The van der Waals surface area contributed by atoms with Gasteiger partial charge in [-0.1, -0.05) is 12.1 Å². The SMILES string of the molecule is O=Cc1ccc(-c2cc3c(Nc4ccc(OCc5cccc(F)c5)cc4)ncnc3cn2)o1. The van der Waals surface area contributed by atoms with Crippen LogP contribution in [0.25, 0.3) is 22.4 Å². The molecule has 0 unspecified atom stereocenters. The fourth-order valence-corrected chi connectivity index (χ4v) is 3.31. The van der Waals surface area contributed by atoms with Crippen molar-refractivity contribution in [2.24, 2.45) is 0 Å². The molecule has 8 heteroatoms. The predicted octanol–water partition coefficient (Wildman–Crippen LogP) is 5.56. The Labute approximate surface area is 187 Å². The number of carbonyl (C=O) groups is 1. The molecule has 0 saturated carbocycles. The van der Waals surface area contributed by atoms with E-state index in [0.29, 0.717) is 34.8 Å². The van der Waals surface area contributed by atoms with E-state index in [2.05, 4.69) is 20.3 Å². The Morgan fingerprint density at radius 1 is 1.00 bits per heavy atom. The number of aromatic nitrogens is 3. The molecule has 0 aliphatic heterocycles. The number of carbonyl (C=O) groups excluding carboxylic acids is 1. The van der Waals surface area contributed by atoms with Crippen molar-refractivity contribution in [1.29, 1.82) is 0 Å². The number of furan rings is 1. The molecule has 7 nitrogen and oxygen atoms in total. The molecule has 3 heterocycles. The first-order chi connectivity index (χ1) is 16.2.